The lowest BCUT2D eigenvalue weighted by atomic mass is 9.95. The quantitative estimate of drug-likeness (QED) is 0.624. The predicted octanol–water partition coefficient (Wildman–Crippen LogP) is 2.27. The number of benzene rings is 1. The van der Waals surface area contributed by atoms with Crippen molar-refractivity contribution in [2.45, 2.75) is 26.1 Å². The summed E-state index contributed by atoms with van der Waals surface area (Å²) < 4.78 is 24.9. The number of hydrogen-bond donors (Lipinski definition) is 0. The molecule has 0 aromatic heterocycles. The van der Waals surface area contributed by atoms with E-state index in [2.05, 4.69) is 0 Å². The minimum Gasteiger partial charge on any atom is -0.350 e. The van der Waals surface area contributed by atoms with Crippen molar-refractivity contribution < 1.29 is 23.6 Å². The zero-order valence-electron chi connectivity index (χ0n) is 13.4. The van der Waals surface area contributed by atoms with E-state index in [-0.39, 0.29) is 34.9 Å². The summed E-state index contributed by atoms with van der Waals surface area (Å²) in [5.74, 6) is -0.889. The Bertz CT molecular complexity index is 652. The van der Waals surface area contributed by atoms with Gasteiger partial charge in [0.05, 0.1) is 23.7 Å². The molecular formula is C16H19FN2O5. The Labute approximate surface area is 138 Å². The average molecular weight is 338 g/mol. The molecule has 1 aromatic rings. The molecule has 7 nitrogen and oxygen atoms in total. The second-order valence-corrected chi connectivity index (χ2v) is 6.10. The maximum atomic E-state index is 13.9. The van der Waals surface area contributed by atoms with E-state index in [0.717, 1.165) is 25.0 Å². The Balaban J connectivity index is 1.70. The number of rotatable bonds is 3. The van der Waals surface area contributed by atoms with Crippen molar-refractivity contribution in [1.82, 2.24) is 4.90 Å². The molecule has 0 spiro atoms. The van der Waals surface area contributed by atoms with Crippen LogP contribution < -0.4 is 0 Å². The van der Waals surface area contributed by atoms with Crippen molar-refractivity contribution in [1.29, 1.82) is 0 Å². The lowest BCUT2D eigenvalue weighted by Gasteiger charge is -2.33. The molecule has 0 aliphatic carbocycles. The summed E-state index contributed by atoms with van der Waals surface area (Å²) in [6.45, 7) is 3.51. The van der Waals surface area contributed by atoms with Crippen molar-refractivity contribution in [3.8, 4) is 0 Å². The number of amides is 1. The molecule has 0 bridgehead atoms. The normalized spacial score (nSPS) is 19.7. The van der Waals surface area contributed by atoms with Crippen LogP contribution in [0, 0.1) is 28.8 Å². The highest BCUT2D eigenvalue weighted by atomic mass is 19.1. The molecule has 2 saturated heterocycles. The maximum absolute atomic E-state index is 13.9. The zero-order valence-corrected chi connectivity index (χ0v) is 13.4. The Hall–Kier alpha value is -2.06. The monoisotopic (exact) mass is 338 g/mol. The second-order valence-electron chi connectivity index (χ2n) is 6.10. The molecule has 0 N–H and O–H groups in total. The first-order valence-electron chi connectivity index (χ1n) is 7.94. The van der Waals surface area contributed by atoms with Gasteiger partial charge in [-0.25, -0.2) is 4.39 Å². The molecule has 130 valence electrons. The third-order valence-corrected chi connectivity index (χ3v) is 4.62. The Morgan fingerprint density at radius 1 is 1.29 bits per heavy atom. The summed E-state index contributed by atoms with van der Waals surface area (Å²) in [5.41, 5.74) is -0.427. The van der Waals surface area contributed by atoms with Gasteiger partial charge in [0, 0.05) is 30.6 Å². The molecule has 0 saturated carbocycles. The second kappa shape index (κ2) is 6.82. The van der Waals surface area contributed by atoms with E-state index in [9.17, 15) is 19.3 Å². The number of likely N-dealkylation sites (tertiary alicyclic amines) is 1. The highest BCUT2D eigenvalue weighted by molar-refractivity contribution is 5.95. The standard InChI is InChI=1S/C16H19FN2O5/c1-10-13(17)8-12(9-14(10)19(21)22)15(20)18-4-2-11(3-5-18)16-23-6-7-24-16/h8-9,11,16H,2-7H2,1H3. The van der Waals surface area contributed by atoms with Crippen molar-refractivity contribution in [2.75, 3.05) is 26.3 Å². The molecule has 1 amide bonds. The zero-order chi connectivity index (χ0) is 17.3. The molecule has 0 unspecified atom stereocenters. The van der Waals surface area contributed by atoms with Gasteiger partial charge in [0.25, 0.3) is 11.6 Å². The van der Waals surface area contributed by atoms with Gasteiger partial charge in [-0.2, -0.15) is 0 Å². The number of nitro groups is 1. The molecule has 0 radical (unpaired) electrons. The SMILES string of the molecule is Cc1c(F)cc(C(=O)N2CCC(C3OCCO3)CC2)cc1[N+](=O)[O-]. The number of carbonyl (C=O) groups is 1. The molecule has 8 heteroatoms. The van der Waals surface area contributed by atoms with Crippen LogP contribution in [0.2, 0.25) is 0 Å². The fourth-order valence-corrected chi connectivity index (χ4v) is 3.18. The number of carbonyl (C=O) groups excluding carboxylic acids is 1. The first kappa shape index (κ1) is 16.8. The van der Waals surface area contributed by atoms with Crippen molar-refractivity contribution in [2.24, 2.45) is 5.92 Å². The summed E-state index contributed by atoms with van der Waals surface area (Å²) in [6.07, 6.45) is 1.25. The number of ether oxygens (including phenoxy) is 2. The highest BCUT2D eigenvalue weighted by Crippen LogP contribution is 2.28. The minimum atomic E-state index is -0.741. The molecule has 2 aliphatic rings. The van der Waals surface area contributed by atoms with Crippen LogP contribution in [-0.2, 0) is 9.47 Å². The van der Waals surface area contributed by atoms with Crippen LogP contribution in [0.1, 0.15) is 28.8 Å². The van der Waals surface area contributed by atoms with Crippen LogP contribution in [0.15, 0.2) is 12.1 Å². The van der Waals surface area contributed by atoms with E-state index in [0.29, 0.717) is 26.3 Å². The fraction of sp³-hybridized carbons (Fsp3) is 0.562. The van der Waals surface area contributed by atoms with Gasteiger partial charge >= 0.3 is 0 Å². The summed E-state index contributed by atoms with van der Waals surface area (Å²) in [4.78, 5) is 24.5. The molecule has 3 rings (SSSR count). The molecule has 24 heavy (non-hydrogen) atoms. The molecule has 0 atom stereocenters. The molecule has 2 aliphatic heterocycles. The smallest absolute Gasteiger partial charge is 0.276 e. The van der Waals surface area contributed by atoms with Crippen molar-refractivity contribution in [3.63, 3.8) is 0 Å². The van der Waals surface area contributed by atoms with Crippen LogP contribution in [-0.4, -0.2) is 48.3 Å². The van der Waals surface area contributed by atoms with Crippen LogP contribution in [0.25, 0.3) is 0 Å². The Morgan fingerprint density at radius 2 is 1.92 bits per heavy atom. The van der Waals surface area contributed by atoms with E-state index in [1.165, 1.54) is 6.92 Å². The van der Waals surface area contributed by atoms with Gasteiger partial charge in [0.2, 0.25) is 0 Å². The van der Waals surface area contributed by atoms with Crippen LogP contribution in [0.3, 0.4) is 0 Å². The van der Waals surface area contributed by atoms with E-state index in [1.54, 1.807) is 4.90 Å². The van der Waals surface area contributed by atoms with Crippen molar-refractivity contribution in [3.05, 3.63) is 39.2 Å². The van der Waals surface area contributed by atoms with Gasteiger partial charge < -0.3 is 14.4 Å². The van der Waals surface area contributed by atoms with Gasteiger partial charge in [-0.15, -0.1) is 0 Å². The van der Waals surface area contributed by atoms with Crippen molar-refractivity contribution >= 4 is 11.6 Å². The third-order valence-electron chi connectivity index (χ3n) is 4.62. The summed E-state index contributed by atoms with van der Waals surface area (Å²) >= 11 is 0. The number of hydrogen-bond acceptors (Lipinski definition) is 5. The van der Waals surface area contributed by atoms with Crippen LogP contribution >= 0.6 is 0 Å². The Morgan fingerprint density at radius 3 is 2.50 bits per heavy atom. The molecular weight excluding hydrogens is 319 g/mol. The molecule has 1 aromatic carbocycles. The first-order chi connectivity index (χ1) is 11.5. The predicted molar refractivity (Wildman–Crippen MR) is 82.1 cm³/mol. The number of halogens is 1. The van der Waals surface area contributed by atoms with Gasteiger partial charge in [0.1, 0.15) is 5.82 Å². The lowest BCUT2D eigenvalue weighted by molar-refractivity contribution is -0.385. The number of nitro benzene ring substituents is 1. The topological polar surface area (TPSA) is 81.9 Å². The first-order valence-corrected chi connectivity index (χ1v) is 7.94. The number of piperidine rings is 1. The fourth-order valence-electron chi connectivity index (χ4n) is 3.18. The maximum Gasteiger partial charge on any atom is 0.276 e. The minimum absolute atomic E-state index is 0.0108. The Kier molecular flexibility index (Phi) is 4.77. The van der Waals surface area contributed by atoms with Gasteiger partial charge in [-0.05, 0) is 25.8 Å². The van der Waals surface area contributed by atoms with E-state index >= 15 is 0 Å². The lowest BCUT2D eigenvalue weighted by Crippen LogP contribution is -2.41. The van der Waals surface area contributed by atoms with Gasteiger partial charge in [0.15, 0.2) is 6.29 Å². The van der Waals surface area contributed by atoms with Gasteiger partial charge in [-0.3, -0.25) is 14.9 Å². The molecule has 2 fully saturated rings. The number of nitrogens with zero attached hydrogens (tertiary/aromatic N) is 2. The van der Waals surface area contributed by atoms with Gasteiger partial charge in [-0.1, -0.05) is 0 Å². The van der Waals surface area contributed by atoms with E-state index < -0.39 is 10.7 Å². The summed E-state index contributed by atoms with van der Waals surface area (Å²) in [6, 6.07) is 2.22. The molecule has 2 heterocycles. The largest absolute Gasteiger partial charge is 0.350 e. The average Bonchev–Trinajstić information content (AvgIpc) is 3.11. The van der Waals surface area contributed by atoms with Crippen LogP contribution in [0.4, 0.5) is 10.1 Å². The van der Waals surface area contributed by atoms with E-state index in [1.807, 2.05) is 0 Å². The van der Waals surface area contributed by atoms with E-state index in [4.69, 9.17) is 9.47 Å². The third kappa shape index (κ3) is 3.25. The highest BCUT2D eigenvalue weighted by Gasteiger charge is 2.32. The summed E-state index contributed by atoms with van der Waals surface area (Å²) in [5, 5.41) is 11.0. The summed E-state index contributed by atoms with van der Waals surface area (Å²) in [7, 11) is 0. The van der Waals surface area contributed by atoms with Crippen LogP contribution in [0.5, 0.6) is 0 Å².